The molecule has 36 heavy (non-hydrogen) atoms. The van der Waals surface area contributed by atoms with Crippen molar-refractivity contribution in [3.05, 3.63) is 75.7 Å². The number of para-hydroxylation sites is 1. The Morgan fingerprint density at radius 3 is 2.78 bits per heavy atom. The van der Waals surface area contributed by atoms with E-state index in [2.05, 4.69) is 0 Å². The van der Waals surface area contributed by atoms with Crippen molar-refractivity contribution in [2.24, 2.45) is 0 Å². The van der Waals surface area contributed by atoms with Crippen molar-refractivity contribution in [3.8, 4) is 17.2 Å². The van der Waals surface area contributed by atoms with E-state index >= 15 is 0 Å². The summed E-state index contributed by atoms with van der Waals surface area (Å²) in [4.78, 5) is 31.7. The largest absolute Gasteiger partial charge is 0.488 e. The number of fused-ring (bicyclic) bond motifs is 2. The van der Waals surface area contributed by atoms with Crippen molar-refractivity contribution < 1.29 is 28.2 Å². The highest BCUT2D eigenvalue weighted by molar-refractivity contribution is 7.10. The zero-order chi connectivity index (χ0) is 24.6. The van der Waals surface area contributed by atoms with Gasteiger partial charge in [-0.05, 0) is 66.6 Å². The molecule has 1 aromatic heterocycles. The van der Waals surface area contributed by atoms with Crippen LogP contribution in [-0.2, 0) is 11.2 Å². The van der Waals surface area contributed by atoms with Gasteiger partial charge < -0.3 is 24.0 Å². The van der Waals surface area contributed by atoms with E-state index in [0.29, 0.717) is 23.6 Å². The molecular weight excluding hydrogens is 483 g/mol. The molecule has 9 heteroatoms. The molecule has 0 unspecified atom stereocenters. The number of thiophene rings is 1. The third-order valence-corrected chi connectivity index (χ3v) is 7.82. The predicted octanol–water partition coefficient (Wildman–Crippen LogP) is 4.43. The first-order chi connectivity index (χ1) is 17.6. The second-order valence-electron chi connectivity index (χ2n) is 9.13. The normalized spacial score (nSPS) is 18.0. The number of hydrogen-bond donors (Lipinski definition) is 0. The number of hydrogen-bond acceptors (Lipinski definition) is 6. The Morgan fingerprint density at radius 1 is 1.11 bits per heavy atom. The van der Waals surface area contributed by atoms with E-state index in [4.69, 9.17) is 14.2 Å². The molecule has 1 aliphatic carbocycles. The van der Waals surface area contributed by atoms with E-state index in [9.17, 15) is 14.0 Å². The smallest absolute Gasteiger partial charge is 0.254 e. The van der Waals surface area contributed by atoms with Gasteiger partial charge in [0.2, 0.25) is 12.7 Å². The zero-order valence-corrected chi connectivity index (χ0v) is 20.3. The molecule has 0 saturated heterocycles. The summed E-state index contributed by atoms with van der Waals surface area (Å²) in [6.07, 6.45) is 2.49. The average molecular weight is 509 g/mol. The topological polar surface area (TPSA) is 68.3 Å². The average Bonchev–Trinajstić information content (AvgIpc) is 3.42. The molecule has 2 aromatic carbocycles. The number of carbonyl (C=O) groups is 2. The third kappa shape index (κ3) is 4.39. The van der Waals surface area contributed by atoms with Gasteiger partial charge in [-0.2, -0.15) is 0 Å². The molecule has 0 N–H and O–H groups in total. The fourth-order valence-electron chi connectivity index (χ4n) is 4.79. The fraction of sp³-hybridized carbons (Fsp3) is 0.333. The van der Waals surface area contributed by atoms with Crippen molar-refractivity contribution in [1.29, 1.82) is 0 Å². The molecule has 3 heterocycles. The van der Waals surface area contributed by atoms with Crippen molar-refractivity contribution in [1.82, 2.24) is 9.80 Å². The van der Waals surface area contributed by atoms with Crippen LogP contribution in [0.5, 0.6) is 17.2 Å². The third-order valence-electron chi connectivity index (χ3n) is 6.82. The molecule has 3 aliphatic rings. The van der Waals surface area contributed by atoms with Crippen LogP contribution in [0.1, 0.15) is 39.7 Å². The SMILES string of the molecule is O=C(c1ccc2c(c1)OCO2)N(CC(=O)N1CCc2sccc2[C@H]1COc1ccccc1F)C1CC1. The van der Waals surface area contributed by atoms with E-state index in [1.807, 2.05) is 11.4 Å². The summed E-state index contributed by atoms with van der Waals surface area (Å²) in [5, 5.41) is 2.01. The van der Waals surface area contributed by atoms with Crippen LogP contribution in [0.2, 0.25) is 0 Å². The summed E-state index contributed by atoms with van der Waals surface area (Å²) in [5.74, 6) is 0.523. The number of amides is 2. The minimum absolute atomic E-state index is 0.0202. The molecule has 0 spiro atoms. The standard InChI is InChI=1S/C27H25FN2O5S/c28-20-3-1-2-4-22(20)33-15-21-19-10-12-36-25(19)9-11-29(21)26(31)14-30(18-6-7-18)27(32)17-5-8-23-24(13-17)35-16-34-23/h1-5,8,10,12-13,18,21H,6-7,9,11,14-16H2/t21-/m1/s1. The molecule has 6 rings (SSSR count). The number of ether oxygens (including phenoxy) is 3. The van der Waals surface area contributed by atoms with Crippen LogP contribution in [-0.4, -0.2) is 54.1 Å². The predicted molar refractivity (Wildman–Crippen MR) is 131 cm³/mol. The van der Waals surface area contributed by atoms with Crippen LogP contribution in [0, 0.1) is 5.82 Å². The van der Waals surface area contributed by atoms with Crippen molar-refractivity contribution in [2.45, 2.75) is 31.3 Å². The minimum Gasteiger partial charge on any atom is -0.488 e. The fourth-order valence-corrected chi connectivity index (χ4v) is 5.72. The number of benzene rings is 2. The molecule has 1 atom stereocenters. The van der Waals surface area contributed by atoms with E-state index in [-0.39, 0.29) is 49.6 Å². The van der Waals surface area contributed by atoms with Gasteiger partial charge in [0, 0.05) is 23.0 Å². The van der Waals surface area contributed by atoms with E-state index in [1.165, 1.54) is 10.9 Å². The lowest BCUT2D eigenvalue weighted by atomic mass is 10.0. The van der Waals surface area contributed by atoms with Gasteiger partial charge in [0.25, 0.3) is 5.91 Å². The van der Waals surface area contributed by atoms with Crippen molar-refractivity contribution in [3.63, 3.8) is 0 Å². The first-order valence-corrected chi connectivity index (χ1v) is 12.9. The van der Waals surface area contributed by atoms with Crippen molar-refractivity contribution in [2.75, 3.05) is 26.5 Å². The number of carbonyl (C=O) groups excluding carboxylic acids is 2. The van der Waals surface area contributed by atoms with Gasteiger partial charge in [0.15, 0.2) is 23.1 Å². The molecular formula is C27H25FN2O5S. The number of halogens is 1. The van der Waals surface area contributed by atoms with E-state index in [1.54, 1.807) is 57.5 Å². The van der Waals surface area contributed by atoms with Crippen LogP contribution >= 0.6 is 11.3 Å². The zero-order valence-electron chi connectivity index (χ0n) is 19.5. The quantitative estimate of drug-likeness (QED) is 0.473. The summed E-state index contributed by atoms with van der Waals surface area (Å²) in [6, 6.07) is 13.1. The lowest BCUT2D eigenvalue weighted by Gasteiger charge is -2.37. The molecule has 1 fully saturated rings. The van der Waals surface area contributed by atoms with Crippen LogP contribution in [0.3, 0.4) is 0 Å². The van der Waals surface area contributed by atoms with Gasteiger partial charge in [0.1, 0.15) is 13.2 Å². The number of nitrogens with zero attached hydrogens (tertiary/aromatic N) is 2. The van der Waals surface area contributed by atoms with Gasteiger partial charge >= 0.3 is 0 Å². The second kappa shape index (κ2) is 9.46. The van der Waals surface area contributed by atoms with E-state index in [0.717, 1.165) is 24.8 Å². The number of rotatable bonds is 7. The molecule has 0 radical (unpaired) electrons. The summed E-state index contributed by atoms with van der Waals surface area (Å²) < 4.78 is 30.8. The molecule has 0 bridgehead atoms. The molecule has 7 nitrogen and oxygen atoms in total. The lowest BCUT2D eigenvalue weighted by molar-refractivity contribution is -0.135. The first kappa shape index (κ1) is 22.8. The van der Waals surface area contributed by atoms with Gasteiger partial charge in [-0.25, -0.2) is 4.39 Å². The highest BCUT2D eigenvalue weighted by Crippen LogP contribution is 2.36. The van der Waals surface area contributed by atoms with Gasteiger partial charge in [-0.15, -0.1) is 11.3 Å². The summed E-state index contributed by atoms with van der Waals surface area (Å²) >= 11 is 1.65. The monoisotopic (exact) mass is 508 g/mol. The van der Waals surface area contributed by atoms with Gasteiger partial charge in [-0.1, -0.05) is 12.1 Å². The lowest BCUT2D eigenvalue weighted by Crippen LogP contribution is -2.48. The van der Waals surface area contributed by atoms with Crippen LogP contribution < -0.4 is 14.2 Å². The Balaban J connectivity index is 1.21. The van der Waals surface area contributed by atoms with E-state index < -0.39 is 5.82 Å². The van der Waals surface area contributed by atoms with Crippen molar-refractivity contribution >= 4 is 23.2 Å². The summed E-state index contributed by atoms with van der Waals surface area (Å²) in [6.45, 7) is 0.769. The maximum atomic E-state index is 14.2. The Hall–Kier alpha value is -3.59. The molecule has 2 aliphatic heterocycles. The highest BCUT2D eigenvalue weighted by Gasteiger charge is 2.38. The van der Waals surface area contributed by atoms with Crippen LogP contribution in [0.4, 0.5) is 4.39 Å². The summed E-state index contributed by atoms with van der Waals surface area (Å²) in [5.41, 5.74) is 1.49. The maximum Gasteiger partial charge on any atom is 0.254 e. The maximum absolute atomic E-state index is 14.2. The van der Waals surface area contributed by atoms with Gasteiger partial charge in [-0.3, -0.25) is 9.59 Å². The summed E-state index contributed by atoms with van der Waals surface area (Å²) in [7, 11) is 0. The van der Waals surface area contributed by atoms with Crippen LogP contribution in [0.15, 0.2) is 53.9 Å². The molecule has 2 amide bonds. The first-order valence-electron chi connectivity index (χ1n) is 12.0. The Labute approximate surface area is 212 Å². The Morgan fingerprint density at radius 2 is 1.94 bits per heavy atom. The van der Waals surface area contributed by atoms with Crippen LogP contribution in [0.25, 0.3) is 0 Å². The molecule has 1 saturated carbocycles. The second-order valence-corrected chi connectivity index (χ2v) is 10.1. The Bertz CT molecular complexity index is 1310. The highest BCUT2D eigenvalue weighted by atomic mass is 32.1. The molecule has 186 valence electrons. The minimum atomic E-state index is -0.439. The Kier molecular flexibility index (Phi) is 6.00. The molecule has 3 aromatic rings. The van der Waals surface area contributed by atoms with Gasteiger partial charge in [0.05, 0.1) is 6.04 Å².